The summed E-state index contributed by atoms with van der Waals surface area (Å²) in [5, 5.41) is -1.20. The van der Waals surface area contributed by atoms with Crippen LogP contribution < -0.4 is 5.73 Å². The number of methoxy groups -OCH3 is 1. The van der Waals surface area contributed by atoms with Gasteiger partial charge in [-0.1, -0.05) is 12.2 Å². The molecule has 0 amide bonds. The van der Waals surface area contributed by atoms with Gasteiger partial charge in [0.2, 0.25) is 10.0 Å². The van der Waals surface area contributed by atoms with Crippen LogP contribution in [-0.2, 0) is 19.6 Å². The number of ether oxygens (including phenoxy) is 1. The van der Waals surface area contributed by atoms with Crippen LogP contribution in [0.3, 0.4) is 0 Å². The molecule has 0 bridgehead atoms. The number of rotatable bonds is 5. The number of nitrogens with zero attached hydrogens (tertiary/aromatic N) is 2. The first-order chi connectivity index (χ1) is 9.55. The number of piperazine rings is 1. The minimum Gasteiger partial charge on any atom is -0.468 e. The van der Waals surface area contributed by atoms with Crippen molar-refractivity contribution in [3.05, 3.63) is 0 Å². The summed E-state index contributed by atoms with van der Waals surface area (Å²) >= 11 is 5.05. The maximum atomic E-state index is 12.3. The Morgan fingerprint density at radius 3 is 2.14 bits per heavy atom. The second-order valence-electron chi connectivity index (χ2n) is 5.52. The molecule has 122 valence electrons. The molecular formula is C12H23N3O4S2. The molecule has 0 aromatic carbocycles. The van der Waals surface area contributed by atoms with E-state index in [-0.39, 0.29) is 0 Å². The van der Waals surface area contributed by atoms with E-state index in [1.54, 1.807) is 0 Å². The van der Waals surface area contributed by atoms with Gasteiger partial charge in [-0.3, -0.25) is 9.69 Å². The van der Waals surface area contributed by atoms with Gasteiger partial charge in [-0.2, -0.15) is 4.31 Å². The van der Waals surface area contributed by atoms with Crippen molar-refractivity contribution in [1.82, 2.24) is 9.21 Å². The minimum atomic E-state index is -3.69. The van der Waals surface area contributed by atoms with Gasteiger partial charge in [0, 0.05) is 26.2 Å². The summed E-state index contributed by atoms with van der Waals surface area (Å²) in [5.74, 6) is -0.749. The molecule has 1 saturated heterocycles. The van der Waals surface area contributed by atoms with Crippen molar-refractivity contribution in [2.45, 2.75) is 31.6 Å². The zero-order valence-electron chi connectivity index (χ0n) is 12.8. The molecule has 21 heavy (non-hydrogen) atoms. The summed E-state index contributed by atoms with van der Waals surface area (Å²) in [6, 6.07) is 0. The normalized spacial score (nSPS) is 20.0. The van der Waals surface area contributed by atoms with Crippen molar-refractivity contribution in [2.24, 2.45) is 5.73 Å². The van der Waals surface area contributed by atoms with Crippen LogP contribution in [0.25, 0.3) is 0 Å². The molecule has 1 heterocycles. The van der Waals surface area contributed by atoms with Crippen molar-refractivity contribution in [3.63, 3.8) is 0 Å². The van der Waals surface area contributed by atoms with Crippen LogP contribution in [0.5, 0.6) is 0 Å². The summed E-state index contributed by atoms with van der Waals surface area (Å²) in [4.78, 5) is 13.9. The highest BCUT2D eigenvalue weighted by molar-refractivity contribution is 7.90. The van der Waals surface area contributed by atoms with E-state index < -0.39 is 26.8 Å². The van der Waals surface area contributed by atoms with Gasteiger partial charge in [-0.25, -0.2) is 8.42 Å². The fourth-order valence-electron chi connectivity index (χ4n) is 2.17. The molecular weight excluding hydrogens is 314 g/mol. The number of sulfonamides is 1. The van der Waals surface area contributed by atoms with Crippen molar-refractivity contribution < 1.29 is 17.9 Å². The van der Waals surface area contributed by atoms with Crippen molar-refractivity contribution >= 4 is 33.2 Å². The summed E-state index contributed by atoms with van der Waals surface area (Å²) in [5.41, 5.74) is 5.27. The Bertz CT molecular complexity index is 511. The van der Waals surface area contributed by atoms with E-state index in [2.05, 4.69) is 4.74 Å². The Morgan fingerprint density at radius 2 is 1.76 bits per heavy atom. The highest BCUT2D eigenvalue weighted by Gasteiger charge is 2.39. The lowest BCUT2D eigenvalue weighted by Crippen LogP contribution is -2.60. The molecule has 0 saturated carbocycles. The zero-order valence-corrected chi connectivity index (χ0v) is 14.5. The average molecular weight is 337 g/mol. The molecule has 0 aliphatic carbocycles. The van der Waals surface area contributed by atoms with Gasteiger partial charge in [0.15, 0.2) is 5.25 Å². The molecule has 9 heteroatoms. The van der Waals surface area contributed by atoms with Crippen LogP contribution in [0.2, 0.25) is 0 Å². The van der Waals surface area contributed by atoms with Gasteiger partial charge in [0.25, 0.3) is 0 Å². The van der Waals surface area contributed by atoms with Crippen LogP contribution in [0.4, 0.5) is 0 Å². The lowest BCUT2D eigenvalue weighted by Gasteiger charge is -2.43. The van der Waals surface area contributed by atoms with E-state index in [0.29, 0.717) is 31.2 Å². The number of hydrogen-bond donors (Lipinski definition) is 1. The summed E-state index contributed by atoms with van der Waals surface area (Å²) < 4.78 is 30.5. The summed E-state index contributed by atoms with van der Waals surface area (Å²) in [6.45, 7) is 6.79. The third-order valence-corrected chi connectivity index (χ3v) is 6.64. The Kier molecular flexibility index (Phi) is 5.70. The molecule has 1 atom stereocenters. The highest BCUT2D eigenvalue weighted by Crippen LogP contribution is 2.20. The third kappa shape index (κ3) is 3.71. The number of thiocarbonyl (C=S) groups is 1. The second kappa shape index (κ2) is 6.55. The molecule has 0 aromatic rings. The molecule has 1 aliphatic rings. The van der Waals surface area contributed by atoms with E-state index in [1.807, 2.05) is 18.7 Å². The first-order valence-corrected chi connectivity index (χ1v) is 8.58. The lowest BCUT2D eigenvalue weighted by atomic mass is 10.0. The molecule has 0 spiro atoms. The topological polar surface area (TPSA) is 92.9 Å². The Morgan fingerprint density at radius 1 is 1.29 bits per heavy atom. The van der Waals surface area contributed by atoms with Crippen LogP contribution in [0.15, 0.2) is 0 Å². The predicted molar refractivity (Wildman–Crippen MR) is 84.4 cm³/mol. The van der Waals surface area contributed by atoms with E-state index >= 15 is 0 Å². The molecule has 1 rings (SSSR count). The maximum absolute atomic E-state index is 12.3. The second-order valence-corrected chi connectivity index (χ2v) is 8.21. The van der Waals surface area contributed by atoms with Gasteiger partial charge < -0.3 is 10.5 Å². The quantitative estimate of drug-likeness (QED) is 0.537. The Labute approximate surface area is 131 Å². The fourth-order valence-corrected chi connectivity index (χ4v) is 3.76. The molecule has 0 radical (unpaired) electrons. The average Bonchev–Trinajstić information content (AvgIpc) is 2.45. The number of carbonyl (C=O) groups is 1. The SMILES string of the molecule is COC(=O)C(C)S(=O)(=O)N1CCN(C(C)(C)C(N)=S)CC1. The highest BCUT2D eigenvalue weighted by atomic mass is 32.2. The van der Waals surface area contributed by atoms with Gasteiger partial charge >= 0.3 is 5.97 Å². The molecule has 1 fully saturated rings. The molecule has 1 unspecified atom stereocenters. The minimum absolute atomic E-state index is 0.301. The van der Waals surface area contributed by atoms with Gasteiger partial charge in [-0.15, -0.1) is 0 Å². The monoisotopic (exact) mass is 337 g/mol. The smallest absolute Gasteiger partial charge is 0.325 e. The first-order valence-electron chi connectivity index (χ1n) is 6.67. The number of nitrogens with two attached hydrogens (primary N) is 1. The van der Waals surface area contributed by atoms with Crippen molar-refractivity contribution in [1.29, 1.82) is 0 Å². The largest absolute Gasteiger partial charge is 0.468 e. The van der Waals surface area contributed by atoms with E-state index in [0.717, 1.165) is 0 Å². The first kappa shape index (κ1) is 18.3. The number of carbonyl (C=O) groups excluding carboxylic acids is 1. The fraction of sp³-hybridized carbons (Fsp3) is 0.833. The van der Waals surface area contributed by atoms with Crippen LogP contribution in [0.1, 0.15) is 20.8 Å². The summed E-state index contributed by atoms with van der Waals surface area (Å²) in [6.07, 6.45) is 0. The van der Waals surface area contributed by atoms with Crippen molar-refractivity contribution in [2.75, 3.05) is 33.3 Å². The van der Waals surface area contributed by atoms with Crippen LogP contribution >= 0.6 is 12.2 Å². The van der Waals surface area contributed by atoms with Gasteiger partial charge in [-0.05, 0) is 20.8 Å². The Balaban J connectivity index is 2.77. The summed E-state index contributed by atoms with van der Waals surface area (Å²) in [7, 11) is -2.52. The Hall–Kier alpha value is -0.770. The molecule has 1 aliphatic heterocycles. The maximum Gasteiger partial charge on any atom is 0.325 e. The van der Waals surface area contributed by atoms with Crippen LogP contribution in [-0.4, -0.2) is 72.7 Å². The lowest BCUT2D eigenvalue weighted by molar-refractivity contribution is -0.139. The van der Waals surface area contributed by atoms with Gasteiger partial charge in [0.05, 0.1) is 17.6 Å². The van der Waals surface area contributed by atoms with Crippen molar-refractivity contribution in [3.8, 4) is 0 Å². The number of hydrogen-bond acceptors (Lipinski definition) is 6. The van der Waals surface area contributed by atoms with E-state index in [4.69, 9.17) is 18.0 Å². The molecule has 2 N–H and O–H groups in total. The molecule has 0 aromatic heterocycles. The number of esters is 1. The van der Waals surface area contributed by atoms with E-state index in [9.17, 15) is 13.2 Å². The third-order valence-electron chi connectivity index (χ3n) is 3.97. The van der Waals surface area contributed by atoms with Crippen LogP contribution in [0, 0.1) is 0 Å². The predicted octanol–water partition coefficient (Wildman–Crippen LogP) is -0.440. The van der Waals surface area contributed by atoms with E-state index in [1.165, 1.54) is 18.3 Å². The standard InChI is InChI=1S/C12H23N3O4S2/c1-9(10(16)19-4)21(17,18)15-7-5-14(6-8-15)12(2,3)11(13)20/h9H,5-8H2,1-4H3,(H2,13,20). The zero-order chi connectivity index (χ0) is 16.4. The van der Waals surface area contributed by atoms with Gasteiger partial charge in [0.1, 0.15) is 0 Å². The molecule has 7 nitrogen and oxygen atoms in total.